The maximum atomic E-state index is 16.2. The number of amides is 2. The number of ether oxygens (including phenoxy) is 1. The molecule has 4 aromatic heterocycles. The minimum Gasteiger partial charge on any atom is -0.444 e. The van der Waals surface area contributed by atoms with Crippen molar-refractivity contribution in [3.05, 3.63) is 70.6 Å². The second-order valence-electron chi connectivity index (χ2n) is 16.9. The highest BCUT2D eigenvalue weighted by Crippen LogP contribution is 2.42. The number of aryl methyl sites for hydroxylation is 2. The van der Waals surface area contributed by atoms with Crippen LogP contribution >= 0.6 is 11.6 Å². The molecule has 3 fully saturated rings. The smallest absolute Gasteiger partial charge is 0.407 e. The monoisotopic (exact) mass is 814 g/mol. The average Bonchev–Trinajstić information content (AvgIpc) is 3.32. The standard InChI is InChI=1S/C41H44ClFN8O5S/c1-21-34(45-51-20-26(15-29(43)36(21)51)39(52)50-19-25-11-14-30(50)35(25)44-40(53)56-41(2,3)4)32-17-24-10-9-23(16-31(24)49(32)18-22-7-8-22)27-12-13-28(42)33-37(27)48(5)46-38(33)47-57(6,54)55/h9-10,12-13,15-17,20,22,25,30,35H,7-8,11,14,18-19H2,1-6H3,(H,44,53)(H,46,47)/t25?,30?,35-/m1/s1. The molecule has 3 aliphatic rings. The van der Waals surface area contributed by atoms with Gasteiger partial charge in [0.25, 0.3) is 5.91 Å². The first-order chi connectivity index (χ1) is 26.9. The van der Waals surface area contributed by atoms with E-state index in [9.17, 15) is 18.0 Å². The lowest BCUT2D eigenvalue weighted by Gasteiger charge is -2.28. The molecule has 2 N–H and O–H groups in total. The molecule has 298 valence electrons. The molecule has 1 saturated heterocycles. The van der Waals surface area contributed by atoms with Gasteiger partial charge in [-0.05, 0) is 95.0 Å². The minimum atomic E-state index is -3.61. The lowest BCUT2D eigenvalue weighted by molar-refractivity contribution is 0.0485. The Hall–Kier alpha value is -5.15. The molecule has 0 spiro atoms. The minimum absolute atomic E-state index is 0.0942. The quantitative estimate of drug-likeness (QED) is 0.162. The van der Waals surface area contributed by atoms with Crippen molar-refractivity contribution in [3.8, 4) is 22.5 Å². The van der Waals surface area contributed by atoms with Gasteiger partial charge in [0.15, 0.2) is 5.82 Å². The summed E-state index contributed by atoms with van der Waals surface area (Å²) in [5.74, 6) is -0.0853. The van der Waals surface area contributed by atoms with E-state index in [4.69, 9.17) is 21.4 Å². The first-order valence-corrected chi connectivity index (χ1v) is 21.5. The van der Waals surface area contributed by atoms with Gasteiger partial charge in [-0.15, -0.1) is 0 Å². The van der Waals surface area contributed by atoms with Gasteiger partial charge in [-0.3, -0.25) is 14.2 Å². The first-order valence-electron chi connectivity index (χ1n) is 19.2. The molecule has 6 aromatic rings. The maximum absolute atomic E-state index is 16.2. The Bertz CT molecular complexity index is 2780. The number of halogens is 2. The largest absolute Gasteiger partial charge is 0.444 e. The number of sulfonamides is 1. The number of rotatable bonds is 8. The van der Waals surface area contributed by atoms with Gasteiger partial charge in [0.2, 0.25) is 10.0 Å². The van der Waals surface area contributed by atoms with Gasteiger partial charge >= 0.3 is 6.09 Å². The molecular weight excluding hydrogens is 771 g/mol. The topological polar surface area (TPSA) is 145 Å². The lowest BCUT2D eigenvalue weighted by Crippen LogP contribution is -2.46. The lowest BCUT2D eigenvalue weighted by atomic mass is 10.0. The molecule has 5 heterocycles. The second kappa shape index (κ2) is 13.2. The van der Waals surface area contributed by atoms with E-state index in [1.807, 2.05) is 45.9 Å². The van der Waals surface area contributed by atoms with Crippen LogP contribution in [0.5, 0.6) is 0 Å². The average molecular weight is 815 g/mol. The van der Waals surface area contributed by atoms with Crippen molar-refractivity contribution in [1.82, 2.24) is 34.2 Å². The normalized spacial score (nSPS) is 19.6. The molecule has 16 heteroatoms. The summed E-state index contributed by atoms with van der Waals surface area (Å²) < 4.78 is 53.8. The fourth-order valence-electron chi connectivity index (χ4n) is 8.92. The van der Waals surface area contributed by atoms with Crippen LogP contribution in [0.15, 0.2) is 48.7 Å². The van der Waals surface area contributed by atoms with Gasteiger partial charge in [-0.25, -0.2) is 22.1 Å². The number of aromatic nitrogens is 5. The number of hydrogen-bond donors (Lipinski definition) is 2. The predicted molar refractivity (Wildman–Crippen MR) is 217 cm³/mol. The highest BCUT2D eigenvalue weighted by Gasteiger charge is 2.50. The van der Waals surface area contributed by atoms with E-state index in [0.29, 0.717) is 45.2 Å². The van der Waals surface area contributed by atoms with E-state index in [0.717, 1.165) is 66.2 Å². The van der Waals surface area contributed by atoms with Crippen molar-refractivity contribution in [2.75, 3.05) is 17.5 Å². The van der Waals surface area contributed by atoms with Crippen LogP contribution in [0.25, 0.3) is 49.8 Å². The predicted octanol–water partition coefficient (Wildman–Crippen LogP) is 7.52. The molecule has 0 radical (unpaired) electrons. The number of piperidine rings is 1. The molecular formula is C41H44ClFN8O5S. The van der Waals surface area contributed by atoms with E-state index >= 15 is 4.39 Å². The molecule has 2 aromatic carbocycles. The second-order valence-corrected chi connectivity index (χ2v) is 19.1. The third-order valence-electron chi connectivity index (χ3n) is 11.5. The van der Waals surface area contributed by atoms with Crippen LogP contribution in [0.4, 0.5) is 15.0 Å². The summed E-state index contributed by atoms with van der Waals surface area (Å²) in [4.78, 5) is 28.4. The number of nitrogens with zero attached hydrogens (tertiary/aromatic N) is 6. The number of anilines is 1. The Morgan fingerprint density at radius 1 is 1.04 bits per heavy atom. The Morgan fingerprint density at radius 2 is 1.81 bits per heavy atom. The molecule has 1 aliphatic heterocycles. The van der Waals surface area contributed by atoms with Gasteiger partial charge in [0.1, 0.15) is 22.6 Å². The van der Waals surface area contributed by atoms with E-state index in [2.05, 4.69) is 31.8 Å². The molecule has 2 bridgehead atoms. The summed E-state index contributed by atoms with van der Waals surface area (Å²) in [5, 5.41) is 14.2. The van der Waals surface area contributed by atoms with Crippen molar-refractivity contribution < 1.29 is 27.1 Å². The van der Waals surface area contributed by atoms with Crippen LogP contribution in [-0.2, 0) is 28.4 Å². The summed E-state index contributed by atoms with van der Waals surface area (Å²) in [6.07, 6.45) is 6.03. The van der Waals surface area contributed by atoms with Crippen LogP contribution in [0.3, 0.4) is 0 Å². The molecule has 2 amide bonds. The number of nitrogens with one attached hydrogen (secondary N) is 2. The molecule has 2 saturated carbocycles. The SMILES string of the molecule is Cc1c(-c2cc3ccc(-c4ccc(Cl)c5c(NS(C)(=O)=O)nn(C)c45)cc3n2CC2CC2)nn2cc(C(=O)N3CC4CCC3[C@@H]4NC(=O)OC(C)(C)C)cc(F)c12. The van der Waals surface area contributed by atoms with E-state index < -0.39 is 27.5 Å². The molecule has 3 atom stereocenters. The zero-order valence-corrected chi connectivity index (χ0v) is 34.1. The fraction of sp³-hybridized carbons (Fsp3) is 0.415. The first kappa shape index (κ1) is 37.4. The van der Waals surface area contributed by atoms with Gasteiger partial charge in [-0.1, -0.05) is 29.8 Å². The number of fused-ring (bicyclic) bond motifs is 5. The van der Waals surface area contributed by atoms with E-state index in [1.54, 1.807) is 28.9 Å². The number of carbonyl (C=O) groups is 2. The summed E-state index contributed by atoms with van der Waals surface area (Å²) in [7, 11) is -1.85. The van der Waals surface area contributed by atoms with E-state index in [-0.39, 0.29) is 35.3 Å². The molecule has 2 unspecified atom stereocenters. The van der Waals surface area contributed by atoms with Crippen LogP contribution < -0.4 is 10.0 Å². The number of likely N-dealkylation sites (tertiary alicyclic amines) is 1. The highest BCUT2D eigenvalue weighted by molar-refractivity contribution is 7.92. The van der Waals surface area contributed by atoms with Gasteiger partial charge in [-0.2, -0.15) is 10.2 Å². The van der Waals surface area contributed by atoms with Crippen LogP contribution in [0.2, 0.25) is 5.02 Å². The summed E-state index contributed by atoms with van der Waals surface area (Å²) in [5.41, 5.74) is 5.35. The van der Waals surface area contributed by atoms with Gasteiger partial charge in [0, 0.05) is 48.4 Å². The number of hydrogen-bond acceptors (Lipinski definition) is 7. The highest BCUT2D eigenvalue weighted by atomic mass is 35.5. The maximum Gasteiger partial charge on any atom is 0.407 e. The zero-order chi connectivity index (χ0) is 40.3. The Morgan fingerprint density at radius 3 is 2.53 bits per heavy atom. The van der Waals surface area contributed by atoms with Crippen molar-refractivity contribution in [3.63, 3.8) is 0 Å². The molecule has 9 rings (SSSR count). The number of pyridine rings is 1. The summed E-state index contributed by atoms with van der Waals surface area (Å²) >= 11 is 6.63. The van der Waals surface area contributed by atoms with Gasteiger partial charge < -0.3 is 19.5 Å². The van der Waals surface area contributed by atoms with Crippen molar-refractivity contribution >= 4 is 66.8 Å². The zero-order valence-electron chi connectivity index (χ0n) is 32.6. The summed E-state index contributed by atoms with van der Waals surface area (Å²) in [6.45, 7) is 8.51. The number of carbonyl (C=O) groups excluding carboxylic acids is 2. The Balaban J connectivity index is 1.08. The third kappa shape index (κ3) is 6.67. The van der Waals surface area contributed by atoms with Crippen molar-refractivity contribution in [1.29, 1.82) is 0 Å². The molecule has 57 heavy (non-hydrogen) atoms. The summed E-state index contributed by atoms with van der Waals surface area (Å²) in [6, 6.07) is 12.8. The number of alkyl carbamates (subject to hydrolysis) is 1. The van der Waals surface area contributed by atoms with Gasteiger partial charge in [0.05, 0.1) is 45.5 Å². The molecule has 2 aliphatic carbocycles. The van der Waals surface area contributed by atoms with Crippen molar-refractivity contribution in [2.24, 2.45) is 18.9 Å². The Kier molecular flexibility index (Phi) is 8.67. The van der Waals surface area contributed by atoms with Crippen LogP contribution in [0, 0.1) is 24.6 Å². The fourth-order valence-corrected chi connectivity index (χ4v) is 9.66. The Labute approximate surface area is 334 Å². The third-order valence-corrected chi connectivity index (χ3v) is 12.4. The van der Waals surface area contributed by atoms with Crippen LogP contribution in [0.1, 0.15) is 62.4 Å². The van der Waals surface area contributed by atoms with E-state index in [1.165, 1.54) is 10.6 Å². The molecule has 13 nitrogen and oxygen atoms in total. The van der Waals surface area contributed by atoms with Crippen molar-refractivity contribution in [2.45, 2.75) is 77.6 Å². The van der Waals surface area contributed by atoms with Crippen LogP contribution in [-0.4, -0.2) is 79.8 Å². The number of benzene rings is 2.